The predicted molar refractivity (Wildman–Crippen MR) is 70.8 cm³/mol. The first-order valence-corrected chi connectivity index (χ1v) is 8.25. The summed E-state index contributed by atoms with van der Waals surface area (Å²) in [5.74, 6) is -1.51. The van der Waals surface area contributed by atoms with Crippen LogP contribution in [0.15, 0.2) is 12.0 Å². The third-order valence-corrected chi connectivity index (χ3v) is 5.03. The van der Waals surface area contributed by atoms with Crippen molar-refractivity contribution < 1.29 is 32.2 Å². The largest absolute Gasteiger partial charge is 0.493 e. The average molecular weight is 319 g/mol. The van der Waals surface area contributed by atoms with Gasteiger partial charge in [0.2, 0.25) is 5.76 Å². The van der Waals surface area contributed by atoms with E-state index in [4.69, 9.17) is 14.2 Å². The zero-order chi connectivity index (χ0) is 15.5. The third-order valence-electron chi connectivity index (χ3n) is 3.13. The van der Waals surface area contributed by atoms with Gasteiger partial charge in [-0.1, -0.05) is 0 Å². The molecule has 1 atom stereocenters. The summed E-state index contributed by atoms with van der Waals surface area (Å²) in [6.45, 7) is 1.74. The minimum Gasteiger partial charge on any atom is -0.493 e. The van der Waals surface area contributed by atoms with Crippen molar-refractivity contribution in [2.45, 2.75) is 18.9 Å². The van der Waals surface area contributed by atoms with Gasteiger partial charge in [0.25, 0.3) is 5.91 Å². The number of amides is 1. The molecular weight excluding hydrogens is 302 g/mol. The molecule has 1 N–H and O–H groups in total. The lowest BCUT2D eigenvalue weighted by Crippen LogP contribution is -2.48. The van der Waals surface area contributed by atoms with Crippen LogP contribution in [-0.2, 0) is 33.6 Å². The molecule has 0 bridgehead atoms. The van der Waals surface area contributed by atoms with Crippen molar-refractivity contribution >= 4 is 21.7 Å². The van der Waals surface area contributed by atoms with Crippen molar-refractivity contribution in [3.8, 4) is 0 Å². The number of ether oxygens (including phenoxy) is 3. The van der Waals surface area contributed by atoms with Crippen molar-refractivity contribution in [2.24, 2.45) is 0 Å². The van der Waals surface area contributed by atoms with E-state index >= 15 is 0 Å². The van der Waals surface area contributed by atoms with E-state index in [1.54, 1.807) is 6.92 Å². The van der Waals surface area contributed by atoms with Crippen molar-refractivity contribution in [2.75, 3.05) is 31.3 Å². The topological polar surface area (TPSA) is 108 Å². The molecular formula is C12H17NO7S. The number of hydrogen-bond acceptors (Lipinski definition) is 7. The van der Waals surface area contributed by atoms with E-state index in [0.717, 1.165) is 6.26 Å². The molecule has 0 aliphatic carbocycles. The summed E-state index contributed by atoms with van der Waals surface area (Å²) in [5.41, 5.74) is -0.813. The lowest BCUT2D eigenvalue weighted by Gasteiger charge is -2.23. The average Bonchev–Trinajstić information content (AvgIpc) is 2.70. The van der Waals surface area contributed by atoms with Crippen LogP contribution < -0.4 is 5.32 Å². The zero-order valence-electron chi connectivity index (χ0n) is 11.6. The Balaban J connectivity index is 1.80. The first-order valence-electron chi connectivity index (χ1n) is 6.43. The van der Waals surface area contributed by atoms with Gasteiger partial charge >= 0.3 is 5.97 Å². The Kier molecular flexibility index (Phi) is 4.40. The quantitative estimate of drug-likeness (QED) is 0.670. The molecule has 1 fully saturated rings. The Hall–Kier alpha value is -1.77. The van der Waals surface area contributed by atoms with Crippen molar-refractivity contribution in [1.82, 2.24) is 5.32 Å². The molecule has 118 valence electrons. The van der Waals surface area contributed by atoms with Crippen LogP contribution in [0.25, 0.3) is 0 Å². The maximum Gasteiger partial charge on any atom is 0.377 e. The van der Waals surface area contributed by atoms with Gasteiger partial charge in [0.15, 0.2) is 16.4 Å². The third kappa shape index (κ3) is 4.35. The second-order valence-electron chi connectivity index (χ2n) is 5.23. The number of carbonyl (C=O) groups is 2. The van der Waals surface area contributed by atoms with Crippen LogP contribution in [0.3, 0.4) is 0 Å². The van der Waals surface area contributed by atoms with Gasteiger partial charge in [0.1, 0.15) is 19.5 Å². The number of nitrogens with one attached hydrogen (secondary N) is 1. The second kappa shape index (κ2) is 5.92. The van der Waals surface area contributed by atoms with Crippen LogP contribution in [0.1, 0.15) is 13.3 Å². The summed E-state index contributed by atoms with van der Waals surface area (Å²) in [6.07, 6.45) is 1.48. The molecule has 9 heteroatoms. The Labute approximate surface area is 122 Å². The van der Waals surface area contributed by atoms with E-state index in [-0.39, 0.29) is 23.9 Å². The molecule has 2 aliphatic rings. The minimum absolute atomic E-state index is 0.0433. The van der Waals surface area contributed by atoms with Crippen LogP contribution in [0.4, 0.5) is 0 Å². The molecule has 21 heavy (non-hydrogen) atoms. The lowest BCUT2D eigenvalue weighted by atomic mass is 10.0. The summed E-state index contributed by atoms with van der Waals surface area (Å²) in [5, 5.41) is 2.58. The predicted octanol–water partition coefficient (Wildman–Crippen LogP) is -0.889. The fraction of sp³-hybridized carbons (Fsp3) is 0.667. The summed E-state index contributed by atoms with van der Waals surface area (Å²) in [7, 11) is -3.12. The number of hydrogen-bond donors (Lipinski definition) is 1. The number of sulfone groups is 1. The van der Waals surface area contributed by atoms with Crippen LogP contribution in [0, 0.1) is 0 Å². The molecule has 2 aliphatic heterocycles. The van der Waals surface area contributed by atoms with Crippen LogP contribution in [0.2, 0.25) is 0 Å². The highest BCUT2D eigenvalue weighted by atomic mass is 32.2. The molecule has 0 spiro atoms. The fourth-order valence-electron chi connectivity index (χ4n) is 2.16. The number of carbonyl (C=O) groups excluding carboxylic acids is 2. The first-order chi connectivity index (χ1) is 9.80. The van der Waals surface area contributed by atoms with E-state index in [2.05, 4.69) is 5.32 Å². The van der Waals surface area contributed by atoms with E-state index in [1.165, 1.54) is 0 Å². The van der Waals surface area contributed by atoms with E-state index in [0.29, 0.717) is 13.0 Å². The van der Waals surface area contributed by atoms with Crippen molar-refractivity contribution in [1.29, 1.82) is 0 Å². The first kappa shape index (κ1) is 15.6. The molecule has 0 aromatic heterocycles. The molecule has 1 amide bonds. The van der Waals surface area contributed by atoms with Crippen molar-refractivity contribution in [3.05, 3.63) is 12.0 Å². The fourth-order valence-corrected chi connectivity index (χ4v) is 4.25. The van der Waals surface area contributed by atoms with Gasteiger partial charge in [-0.05, 0) is 13.3 Å². The van der Waals surface area contributed by atoms with Crippen LogP contribution in [0.5, 0.6) is 0 Å². The smallest absolute Gasteiger partial charge is 0.377 e. The maximum absolute atomic E-state index is 11.7. The Bertz CT molecular complexity index is 568. The van der Waals surface area contributed by atoms with E-state index < -0.39 is 33.9 Å². The second-order valence-corrected chi connectivity index (χ2v) is 7.41. The highest BCUT2D eigenvalue weighted by Gasteiger charge is 2.39. The number of rotatable bonds is 4. The molecule has 2 heterocycles. The minimum atomic E-state index is -3.12. The summed E-state index contributed by atoms with van der Waals surface area (Å²) >= 11 is 0. The van der Waals surface area contributed by atoms with Crippen molar-refractivity contribution in [3.63, 3.8) is 0 Å². The Morgan fingerprint density at radius 2 is 2.19 bits per heavy atom. The monoisotopic (exact) mass is 319 g/mol. The van der Waals surface area contributed by atoms with Gasteiger partial charge in [0, 0.05) is 0 Å². The van der Waals surface area contributed by atoms with Gasteiger partial charge in [-0.3, -0.25) is 4.79 Å². The summed E-state index contributed by atoms with van der Waals surface area (Å²) in [6, 6.07) is 0. The molecule has 8 nitrogen and oxygen atoms in total. The molecule has 0 unspecified atom stereocenters. The Morgan fingerprint density at radius 1 is 1.43 bits per heavy atom. The van der Waals surface area contributed by atoms with E-state index in [9.17, 15) is 18.0 Å². The summed E-state index contributed by atoms with van der Waals surface area (Å²) < 4.78 is 37.5. The Morgan fingerprint density at radius 3 is 2.76 bits per heavy atom. The standard InChI is InChI=1S/C12H17NO7S/c1-12(2-5-21(16,17)8-12)13-10(14)7-20-11(15)9-6-18-3-4-19-9/h6H,2-5,7-8H2,1H3,(H,13,14)/t12-/m1/s1. The number of esters is 1. The van der Waals surface area contributed by atoms with E-state index in [1.807, 2.05) is 0 Å². The van der Waals surface area contributed by atoms with Gasteiger partial charge in [0.05, 0.1) is 17.0 Å². The molecule has 0 aromatic rings. The maximum atomic E-state index is 11.7. The summed E-state index contributed by atoms with van der Waals surface area (Å²) in [4.78, 5) is 23.3. The SMILES string of the molecule is C[C@@]1(NC(=O)COC(=O)C2=COCCO2)CCS(=O)(=O)C1. The molecule has 2 rings (SSSR count). The normalized spacial score (nSPS) is 27.0. The molecule has 0 saturated carbocycles. The highest BCUT2D eigenvalue weighted by molar-refractivity contribution is 7.91. The van der Waals surface area contributed by atoms with Gasteiger partial charge in [-0.2, -0.15) is 0 Å². The van der Waals surface area contributed by atoms with Crippen LogP contribution >= 0.6 is 0 Å². The zero-order valence-corrected chi connectivity index (χ0v) is 12.4. The lowest BCUT2D eigenvalue weighted by molar-refractivity contribution is -0.149. The molecule has 0 radical (unpaired) electrons. The van der Waals surface area contributed by atoms with Gasteiger partial charge < -0.3 is 19.5 Å². The molecule has 1 saturated heterocycles. The van der Waals surface area contributed by atoms with Gasteiger partial charge in [-0.25, -0.2) is 13.2 Å². The molecule has 0 aromatic carbocycles. The van der Waals surface area contributed by atoms with Crippen LogP contribution in [-0.4, -0.2) is 57.2 Å². The van der Waals surface area contributed by atoms with Gasteiger partial charge in [-0.15, -0.1) is 0 Å². The highest BCUT2D eigenvalue weighted by Crippen LogP contribution is 2.22.